The van der Waals surface area contributed by atoms with E-state index in [1.54, 1.807) is 0 Å². The zero-order chi connectivity index (χ0) is 17.6. The van der Waals surface area contributed by atoms with Crippen LogP contribution in [0.5, 0.6) is 0 Å². The third-order valence-electron chi connectivity index (χ3n) is 3.99. The minimum absolute atomic E-state index is 0.0238. The molecule has 1 N–H and O–H groups in total. The first-order valence-corrected chi connectivity index (χ1v) is 9.19. The van der Waals surface area contributed by atoms with Crippen LogP contribution in [0, 0.1) is 0 Å². The summed E-state index contributed by atoms with van der Waals surface area (Å²) in [6.45, 7) is 8.19. The molecule has 0 saturated carbocycles. The van der Waals surface area contributed by atoms with E-state index in [-0.39, 0.29) is 17.2 Å². The smallest absolute Gasteiger partial charge is 0.277 e. The van der Waals surface area contributed by atoms with E-state index in [0.29, 0.717) is 23.5 Å². The van der Waals surface area contributed by atoms with Gasteiger partial charge in [0.25, 0.3) is 5.22 Å². The van der Waals surface area contributed by atoms with Crippen LogP contribution >= 0.6 is 11.8 Å². The summed E-state index contributed by atoms with van der Waals surface area (Å²) in [6.07, 6.45) is 1.57. The Labute approximate surface area is 147 Å². The molecule has 0 bridgehead atoms. The molecule has 0 radical (unpaired) electrons. The average molecular weight is 347 g/mol. The molecule has 1 atom stereocenters. The third-order valence-corrected chi connectivity index (χ3v) is 4.80. The minimum atomic E-state index is -0.192. The van der Waals surface area contributed by atoms with Gasteiger partial charge in [-0.3, -0.25) is 4.79 Å². The fraction of sp³-hybridized carbons (Fsp3) is 0.500. The first-order chi connectivity index (χ1) is 11.4. The molecule has 2 aromatic rings. The fourth-order valence-corrected chi connectivity index (χ4v) is 2.75. The van der Waals surface area contributed by atoms with Crippen LogP contribution in [0.2, 0.25) is 0 Å². The summed E-state index contributed by atoms with van der Waals surface area (Å²) in [5.74, 6) is 1.16. The molecule has 1 unspecified atom stereocenters. The van der Waals surface area contributed by atoms with Gasteiger partial charge in [0.05, 0.1) is 5.75 Å². The highest BCUT2D eigenvalue weighted by Gasteiger charge is 2.19. The molecule has 0 aliphatic carbocycles. The van der Waals surface area contributed by atoms with Crippen LogP contribution in [0.25, 0.3) is 0 Å². The molecule has 0 aliphatic heterocycles. The van der Waals surface area contributed by atoms with Crippen molar-refractivity contribution >= 4 is 17.7 Å². The number of hydrogen-bond donors (Lipinski definition) is 1. The van der Waals surface area contributed by atoms with Crippen LogP contribution < -0.4 is 5.32 Å². The van der Waals surface area contributed by atoms with Gasteiger partial charge in [0.15, 0.2) is 0 Å². The maximum atomic E-state index is 11.9. The second-order valence-corrected chi connectivity index (χ2v) is 7.48. The number of benzene rings is 1. The van der Waals surface area contributed by atoms with Gasteiger partial charge in [-0.15, -0.1) is 10.2 Å². The monoisotopic (exact) mass is 347 g/mol. The molecule has 2 rings (SSSR count). The van der Waals surface area contributed by atoms with Crippen molar-refractivity contribution in [2.45, 2.75) is 57.2 Å². The second kappa shape index (κ2) is 8.33. The normalized spacial score (nSPS) is 12.8. The first-order valence-electron chi connectivity index (χ1n) is 8.21. The summed E-state index contributed by atoms with van der Waals surface area (Å²) < 4.78 is 5.64. The molecule has 1 heterocycles. The highest BCUT2D eigenvalue weighted by atomic mass is 32.2. The molecule has 24 heavy (non-hydrogen) atoms. The lowest BCUT2D eigenvalue weighted by atomic mass is 9.98. The predicted octanol–water partition coefficient (Wildman–Crippen LogP) is 3.81. The minimum Gasteiger partial charge on any atom is -0.416 e. The molecule has 1 aromatic carbocycles. The van der Waals surface area contributed by atoms with Crippen LogP contribution in [-0.2, 0) is 11.2 Å². The molecule has 0 spiro atoms. The molecular weight excluding hydrogens is 322 g/mol. The molecule has 130 valence electrons. The van der Waals surface area contributed by atoms with Gasteiger partial charge in [-0.25, -0.2) is 0 Å². The molecule has 1 aromatic heterocycles. The van der Waals surface area contributed by atoms with E-state index in [2.05, 4.69) is 34.6 Å². The molecule has 6 heteroatoms. The number of carbonyl (C=O) groups excluding carboxylic acids is 1. The standard InChI is InChI=1S/C18H25N3O2S/c1-5-18(3,4)19-15(22)12-24-17-21-20-16(23-17)11-13(2)14-9-7-6-8-10-14/h6-10,13H,5,11-12H2,1-4H3,(H,19,22). The Hall–Kier alpha value is -1.82. The van der Waals surface area contributed by atoms with Crippen LogP contribution in [0.3, 0.4) is 0 Å². The van der Waals surface area contributed by atoms with Gasteiger partial charge in [0, 0.05) is 12.0 Å². The Morgan fingerprint density at radius 2 is 2.00 bits per heavy atom. The van der Waals surface area contributed by atoms with Gasteiger partial charge in [0.1, 0.15) is 0 Å². The van der Waals surface area contributed by atoms with Crippen LogP contribution in [0.15, 0.2) is 40.0 Å². The van der Waals surface area contributed by atoms with Gasteiger partial charge in [-0.2, -0.15) is 0 Å². The highest BCUT2D eigenvalue weighted by Crippen LogP contribution is 2.22. The molecule has 0 aliphatic rings. The summed E-state index contributed by atoms with van der Waals surface area (Å²) in [5.41, 5.74) is 1.05. The van der Waals surface area contributed by atoms with E-state index in [1.807, 2.05) is 39.0 Å². The van der Waals surface area contributed by atoms with Crippen molar-refractivity contribution < 1.29 is 9.21 Å². The SMILES string of the molecule is CCC(C)(C)NC(=O)CSc1nnc(CC(C)c2ccccc2)o1. The van der Waals surface area contributed by atoms with Gasteiger partial charge < -0.3 is 9.73 Å². The summed E-state index contributed by atoms with van der Waals surface area (Å²) in [7, 11) is 0. The van der Waals surface area contributed by atoms with Gasteiger partial charge in [0.2, 0.25) is 11.8 Å². The molecule has 1 amide bonds. The topological polar surface area (TPSA) is 68.0 Å². The van der Waals surface area contributed by atoms with Crippen molar-refractivity contribution in [1.29, 1.82) is 0 Å². The zero-order valence-corrected chi connectivity index (χ0v) is 15.5. The summed E-state index contributed by atoms with van der Waals surface area (Å²) >= 11 is 1.27. The van der Waals surface area contributed by atoms with E-state index in [0.717, 1.165) is 6.42 Å². The van der Waals surface area contributed by atoms with E-state index in [9.17, 15) is 4.79 Å². The number of rotatable bonds is 8. The Morgan fingerprint density at radius 1 is 1.29 bits per heavy atom. The van der Waals surface area contributed by atoms with Crippen LogP contribution in [0.4, 0.5) is 0 Å². The van der Waals surface area contributed by atoms with Crippen molar-refractivity contribution in [1.82, 2.24) is 15.5 Å². The van der Waals surface area contributed by atoms with E-state index in [4.69, 9.17) is 4.42 Å². The van der Waals surface area contributed by atoms with Gasteiger partial charge in [-0.1, -0.05) is 55.9 Å². The van der Waals surface area contributed by atoms with Crippen LogP contribution in [-0.4, -0.2) is 27.4 Å². The van der Waals surface area contributed by atoms with Gasteiger partial charge >= 0.3 is 0 Å². The Kier molecular flexibility index (Phi) is 6.43. The number of nitrogens with one attached hydrogen (secondary N) is 1. The predicted molar refractivity (Wildman–Crippen MR) is 96.1 cm³/mol. The lowest BCUT2D eigenvalue weighted by Crippen LogP contribution is -2.43. The Morgan fingerprint density at radius 3 is 2.67 bits per heavy atom. The largest absolute Gasteiger partial charge is 0.416 e. The molecule has 0 saturated heterocycles. The number of nitrogens with zero attached hydrogens (tertiary/aromatic N) is 2. The summed E-state index contributed by atoms with van der Waals surface area (Å²) in [6, 6.07) is 10.2. The van der Waals surface area contributed by atoms with E-state index in [1.165, 1.54) is 17.3 Å². The van der Waals surface area contributed by atoms with Crippen molar-refractivity contribution in [2.24, 2.45) is 0 Å². The van der Waals surface area contributed by atoms with Crippen molar-refractivity contribution in [3.63, 3.8) is 0 Å². The number of amides is 1. The number of aromatic nitrogens is 2. The Bertz CT molecular complexity index is 655. The average Bonchev–Trinajstić information content (AvgIpc) is 3.01. The third kappa shape index (κ3) is 5.67. The zero-order valence-electron chi connectivity index (χ0n) is 14.7. The number of thioether (sulfide) groups is 1. The van der Waals surface area contributed by atoms with Crippen molar-refractivity contribution in [2.75, 3.05) is 5.75 Å². The van der Waals surface area contributed by atoms with E-state index >= 15 is 0 Å². The number of carbonyl (C=O) groups is 1. The summed E-state index contributed by atoms with van der Waals surface area (Å²) in [4.78, 5) is 11.9. The number of hydrogen-bond acceptors (Lipinski definition) is 5. The Balaban J connectivity index is 1.84. The highest BCUT2D eigenvalue weighted by molar-refractivity contribution is 7.99. The van der Waals surface area contributed by atoms with E-state index < -0.39 is 0 Å². The molecular formula is C18H25N3O2S. The summed E-state index contributed by atoms with van der Waals surface area (Å²) in [5, 5.41) is 11.5. The fourth-order valence-electron chi connectivity index (χ4n) is 2.17. The first kappa shape index (κ1) is 18.5. The second-order valence-electron chi connectivity index (χ2n) is 6.55. The lowest BCUT2D eigenvalue weighted by Gasteiger charge is -2.24. The maximum Gasteiger partial charge on any atom is 0.277 e. The molecule has 0 fully saturated rings. The maximum absolute atomic E-state index is 11.9. The quantitative estimate of drug-likeness (QED) is 0.735. The van der Waals surface area contributed by atoms with Crippen molar-refractivity contribution in [3.05, 3.63) is 41.8 Å². The van der Waals surface area contributed by atoms with Gasteiger partial charge in [-0.05, 0) is 31.7 Å². The van der Waals surface area contributed by atoms with Crippen LogP contribution in [0.1, 0.15) is 51.5 Å². The molecule has 5 nitrogen and oxygen atoms in total. The van der Waals surface area contributed by atoms with Crippen molar-refractivity contribution in [3.8, 4) is 0 Å². The lowest BCUT2D eigenvalue weighted by molar-refractivity contribution is -0.120.